The van der Waals surface area contributed by atoms with Crippen LogP contribution in [0.3, 0.4) is 0 Å². The summed E-state index contributed by atoms with van der Waals surface area (Å²) in [6.45, 7) is 10.7. The monoisotopic (exact) mass is 248 g/mol. The molecule has 3 N–H and O–H groups in total. The maximum Gasteiger partial charge on any atom is 0.0752 e. The van der Waals surface area contributed by atoms with Gasteiger partial charge in [0.2, 0.25) is 0 Å². The molecule has 17 heavy (non-hydrogen) atoms. The average Bonchev–Trinajstić information content (AvgIpc) is 2.16. The van der Waals surface area contributed by atoms with Gasteiger partial charge in [0.05, 0.1) is 36.9 Å². The van der Waals surface area contributed by atoms with Crippen LogP contribution in [-0.4, -0.2) is 46.8 Å². The standard InChI is InChI=1S/C13H28O4/c1-11(2,3)10(17-12(4,5)6)13(7-14,8-15)9-16/h10,14-16H,7-9H2,1-6H3. The van der Waals surface area contributed by atoms with Crippen LogP contribution >= 0.6 is 0 Å². The fourth-order valence-corrected chi connectivity index (χ4v) is 1.97. The second-order valence-electron chi connectivity index (χ2n) is 6.81. The van der Waals surface area contributed by atoms with Gasteiger partial charge < -0.3 is 20.1 Å². The Morgan fingerprint density at radius 2 is 1.18 bits per heavy atom. The minimum Gasteiger partial charge on any atom is -0.396 e. The number of hydrogen-bond donors (Lipinski definition) is 3. The first-order chi connectivity index (χ1) is 7.52. The van der Waals surface area contributed by atoms with Gasteiger partial charge >= 0.3 is 0 Å². The summed E-state index contributed by atoms with van der Waals surface area (Å²) in [6, 6.07) is 0. The van der Waals surface area contributed by atoms with Crippen molar-refractivity contribution >= 4 is 0 Å². The van der Waals surface area contributed by atoms with Gasteiger partial charge in [-0.1, -0.05) is 20.8 Å². The van der Waals surface area contributed by atoms with E-state index in [0.717, 1.165) is 0 Å². The highest BCUT2D eigenvalue weighted by atomic mass is 16.5. The molecule has 0 aliphatic carbocycles. The molecule has 0 bridgehead atoms. The SMILES string of the molecule is CC(C)(C)OC(C(C)(C)C)C(CO)(CO)CO. The van der Waals surface area contributed by atoms with Crippen molar-refractivity contribution in [1.82, 2.24) is 0 Å². The predicted octanol–water partition coefficient (Wildman–Crippen LogP) is 1.18. The normalized spacial score (nSPS) is 16.1. The Kier molecular flexibility index (Phi) is 5.60. The number of rotatable bonds is 5. The number of ether oxygens (including phenoxy) is 1. The minimum atomic E-state index is -1.02. The van der Waals surface area contributed by atoms with Crippen molar-refractivity contribution in [2.45, 2.75) is 53.2 Å². The minimum absolute atomic E-state index is 0.290. The Bertz CT molecular complexity index is 212. The lowest BCUT2D eigenvalue weighted by atomic mass is 9.71. The summed E-state index contributed by atoms with van der Waals surface area (Å²) in [4.78, 5) is 0. The molecular weight excluding hydrogens is 220 g/mol. The highest BCUT2D eigenvalue weighted by molar-refractivity contribution is 4.94. The lowest BCUT2D eigenvalue weighted by Crippen LogP contribution is -2.54. The van der Waals surface area contributed by atoms with E-state index in [9.17, 15) is 15.3 Å². The summed E-state index contributed by atoms with van der Waals surface area (Å²) in [5, 5.41) is 28.5. The Hall–Kier alpha value is -0.160. The van der Waals surface area contributed by atoms with Crippen LogP contribution in [0.5, 0.6) is 0 Å². The molecule has 0 aromatic heterocycles. The third kappa shape index (κ3) is 4.54. The second kappa shape index (κ2) is 5.65. The molecular formula is C13H28O4. The van der Waals surface area contributed by atoms with Gasteiger partial charge in [-0.2, -0.15) is 0 Å². The van der Waals surface area contributed by atoms with Crippen LogP contribution in [0.15, 0.2) is 0 Å². The van der Waals surface area contributed by atoms with E-state index in [1.807, 2.05) is 41.5 Å². The lowest BCUT2D eigenvalue weighted by molar-refractivity contribution is -0.196. The number of aliphatic hydroxyl groups is 3. The van der Waals surface area contributed by atoms with Crippen molar-refractivity contribution in [1.29, 1.82) is 0 Å². The molecule has 4 nitrogen and oxygen atoms in total. The molecule has 0 heterocycles. The van der Waals surface area contributed by atoms with E-state index in [0.29, 0.717) is 0 Å². The zero-order valence-corrected chi connectivity index (χ0v) is 11.9. The molecule has 0 aromatic rings. The van der Waals surface area contributed by atoms with Gasteiger partial charge in [0.15, 0.2) is 0 Å². The first-order valence-corrected chi connectivity index (χ1v) is 6.03. The number of hydrogen-bond acceptors (Lipinski definition) is 4. The summed E-state index contributed by atoms with van der Waals surface area (Å²) in [5.41, 5.74) is -1.71. The summed E-state index contributed by atoms with van der Waals surface area (Å²) < 4.78 is 5.96. The van der Waals surface area contributed by atoms with Gasteiger partial charge in [0, 0.05) is 0 Å². The molecule has 4 heteroatoms. The molecule has 1 unspecified atom stereocenters. The predicted molar refractivity (Wildman–Crippen MR) is 67.8 cm³/mol. The molecule has 0 aliphatic heterocycles. The van der Waals surface area contributed by atoms with Gasteiger partial charge in [-0.05, 0) is 26.2 Å². The van der Waals surface area contributed by atoms with Gasteiger partial charge in [-0.15, -0.1) is 0 Å². The van der Waals surface area contributed by atoms with Crippen LogP contribution in [0.2, 0.25) is 0 Å². The molecule has 0 amide bonds. The number of aliphatic hydroxyl groups excluding tert-OH is 3. The van der Waals surface area contributed by atoms with E-state index in [4.69, 9.17) is 4.74 Å². The van der Waals surface area contributed by atoms with Crippen LogP contribution in [-0.2, 0) is 4.74 Å². The molecule has 0 rings (SSSR count). The second-order valence-corrected chi connectivity index (χ2v) is 6.81. The summed E-state index contributed by atoms with van der Waals surface area (Å²) in [7, 11) is 0. The van der Waals surface area contributed by atoms with Gasteiger partial charge in [0.25, 0.3) is 0 Å². The molecule has 104 valence electrons. The average molecular weight is 248 g/mol. The highest BCUT2D eigenvalue weighted by Gasteiger charge is 2.46. The highest BCUT2D eigenvalue weighted by Crippen LogP contribution is 2.38. The van der Waals surface area contributed by atoms with Gasteiger partial charge in [-0.3, -0.25) is 0 Å². The van der Waals surface area contributed by atoms with E-state index in [-0.39, 0.29) is 25.2 Å². The van der Waals surface area contributed by atoms with Crippen LogP contribution in [0.25, 0.3) is 0 Å². The lowest BCUT2D eigenvalue weighted by Gasteiger charge is -2.46. The molecule has 1 atom stereocenters. The molecule has 0 radical (unpaired) electrons. The Labute approximate surface area is 105 Å². The van der Waals surface area contributed by atoms with E-state index in [1.165, 1.54) is 0 Å². The third-order valence-corrected chi connectivity index (χ3v) is 2.76. The summed E-state index contributed by atoms with van der Waals surface area (Å²) in [6.07, 6.45) is -0.435. The topological polar surface area (TPSA) is 69.9 Å². The van der Waals surface area contributed by atoms with Gasteiger partial charge in [-0.25, -0.2) is 0 Å². The maximum absolute atomic E-state index is 9.51. The van der Waals surface area contributed by atoms with E-state index < -0.39 is 17.1 Å². The molecule has 0 spiro atoms. The van der Waals surface area contributed by atoms with E-state index >= 15 is 0 Å². The van der Waals surface area contributed by atoms with Crippen LogP contribution in [0.1, 0.15) is 41.5 Å². The van der Waals surface area contributed by atoms with Crippen molar-refractivity contribution in [3.05, 3.63) is 0 Å². The summed E-state index contributed by atoms with van der Waals surface area (Å²) in [5.74, 6) is 0. The zero-order chi connectivity index (χ0) is 13.9. The molecule has 0 saturated carbocycles. The fraction of sp³-hybridized carbons (Fsp3) is 1.00. The van der Waals surface area contributed by atoms with E-state index in [1.54, 1.807) is 0 Å². The van der Waals surface area contributed by atoms with Crippen molar-refractivity contribution < 1.29 is 20.1 Å². The first-order valence-electron chi connectivity index (χ1n) is 6.03. The van der Waals surface area contributed by atoms with Gasteiger partial charge in [0.1, 0.15) is 0 Å². The maximum atomic E-state index is 9.51. The summed E-state index contributed by atoms with van der Waals surface area (Å²) >= 11 is 0. The first kappa shape index (κ1) is 16.8. The molecule has 0 aliphatic rings. The van der Waals surface area contributed by atoms with E-state index in [2.05, 4.69) is 0 Å². The quantitative estimate of drug-likeness (QED) is 0.683. The Morgan fingerprint density at radius 1 is 0.824 bits per heavy atom. The Balaban J connectivity index is 5.30. The smallest absolute Gasteiger partial charge is 0.0752 e. The van der Waals surface area contributed by atoms with Crippen LogP contribution < -0.4 is 0 Å². The van der Waals surface area contributed by atoms with Crippen molar-refractivity contribution in [3.63, 3.8) is 0 Å². The molecule has 0 saturated heterocycles. The fourth-order valence-electron chi connectivity index (χ4n) is 1.97. The van der Waals surface area contributed by atoms with Crippen LogP contribution in [0, 0.1) is 10.8 Å². The van der Waals surface area contributed by atoms with Crippen molar-refractivity contribution in [2.24, 2.45) is 10.8 Å². The molecule has 0 aromatic carbocycles. The molecule has 0 fully saturated rings. The Morgan fingerprint density at radius 3 is 1.35 bits per heavy atom. The van der Waals surface area contributed by atoms with Crippen molar-refractivity contribution in [2.75, 3.05) is 19.8 Å². The zero-order valence-electron chi connectivity index (χ0n) is 11.9. The third-order valence-electron chi connectivity index (χ3n) is 2.76. The largest absolute Gasteiger partial charge is 0.396 e. The van der Waals surface area contributed by atoms with Crippen molar-refractivity contribution in [3.8, 4) is 0 Å². The van der Waals surface area contributed by atoms with Crippen LogP contribution in [0.4, 0.5) is 0 Å².